The smallest absolute Gasteiger partial charge is 0.310 e. The lowest BCUT2D eigenvalue weighted by molar-refractivity contribution is -0.278. The summed E-state index contributed by atoms with van der Waals surface area (Å²) in [4.78, 5) is 24.1. The summed E-state index contributed by atoms with van der Waals surface area (Å²) in [7, 11) is 1.33. The molecule has 2 aliphatic heterocycles. The molecule has 0 spiro atoms. The van der Waals surface area contributed by atoms with Crippen LogP contribution in [0.4, 0.5) is 0 Å². The van der Waals surface area contributed by atoms with Crippen LogP contribution >= 0.6 is 0 Å². The van der Waals surface area contributed by atoms with Gasteiger partial charge in [-0.2, -0.15) is 0 Å². The monoisotopic (exact) mass is 282 g/mol. The molecule has 110 valence electrons. The van der Waals surface area contributed by atoms with Gasteiger partial charge in [0.2, 0.25) is 0 Å². The Morgan fingerprint density at radius 3 is 3.00 bits per heavy atom. The van der Waals surface area contributed by atoms with Crippen LogP contribution in [0.5, 0.6) is 0 Å². The van der Waals surface area contributed by atoms with Gasteiger partial charge < -0.3 is 18.9 Å². The standard InChI is InChI=1S/C14H18O6/c1-7-18-6-10-12(19-7)8-4-3-5-9(13(15)17-2)11(8)14(16)20-10/h3-4,7-12H,5-6H2,1-2H3/t7-,8-,9+,10-,11-,12+/m1/s1. The highest BCUT2D eigenvalue weighted by Crippen LogP contribution is 2.41. The molecule has 1 aliphatic carbocycles. The minimum atomic E-state index is -0.529. The molecule has 6 nitrogen and oxygen atoms in total. The molecule has 0 N–H and O–H groups in total. The topological polar surface area (TPSA) is 71.1 Å². The second kappa shape index (κ2) is 5.18. The summed E-state index contributed by atoms with van der Waals surface area (Å²) in [6.45, 7) is 2.14. The van der Waals surface area contributed by atoms with Gasteiger partial charge in [-0.25, -0.2) is 0 Å². The van der Waals surface area contributed by atoms with E-state index in [0.29, 0.717) is 13.0 Å². The quantitative estimate of drug-likeness (QED) is 0.519. The number of carbonyl (C=O) groups excluding carboxylic acids is 2. The molecule has 6 heteroatoms. The number of carbonyl (C=O) groups is 2. The Morgan fingerprint density at radius 2 is 2.25 bits per heavy atom. The van der Waals surface area contributed by atoms with E-state index in [4.69, 9.17) is 18.9 Å². The lowest BCUT2D eigenvalue weighted by Crippen LogP contribution is -2.58. The Balaban J connectivity index is 1.89. The summed E-state index contributed by atoms with van der Waals surface area (Å²) in [5.41, 5.74) is 0. The fourth-order valence-electron chi connectivity index (χ4n) is 3.29. The number of hydrogen-bond acceptors (Lipinski definition) is 6. The van der Waals surface area contributed by atoms with Crippen molar-refractivity contribution in [3.05, 3.63) is 12.2 Å². The highest BCUT2D eigenvalue weighted by Gasteiger charge is 2.53. The Labute approximate surface area is 117 Å². The molecule has 0 aromatic carbocycles. The van der Waals surface area contributed by atoms with Gasteiger partial charge >= 0.3 is 11.9 Å². The molecule has 0 aromatic rings. The van der Waals surface area contributed by atoms with Gasteiger partial charge in [0.15, 0.2) is 12.4 Å². The van der Waals surface area contributed by atoms with Crippen molar-refractivity contribution in [1.29, 1.82) is 0 Å². The third kappa shape index (κ3) is 2.13. The number of rotatable bonds is 1. The lowest BCUT2D eigenvalue weighted by atomic mass is 9.71. The molecule has 0 amide bonds. The van der Waals surface area contributed by atoms with Crippen LogP contribution in [0.15, 0.2) is 12.2 Å². The SMILES string of the molecule is COC(=O)[C@H]1CC=C[C@H]2[C@@H]3O[C@H](C)OC[C@H]3OC(=O)[C@H]21. The molecule has 0 radical (unpaired) electrons. The van der Waals surface area contributed by atoms with Crippen molar-refractivity contribution in [2.45, 2.75) is 31.8 Å². The van der Waals surface area contributed by atoms with Gasteiger partial charge in [-0.15, -0.1) is 0 Å². The zero-order valence-electron chi connectivity index (χ0n) is 11.5. The molecule has 0 saturated carbocycles. The number of hydrogen-bond donors (Lipinski definition) is 0. The Hall–Kier alpha value is -1.40. The molecule has 20 heavy (non-hydrogen) atoms. The second-order valence-corrected chi connectivity index (χ2v) is 5.37. The zero-order chi connectivity index (χ0) is 14.3. The number of allylic oxidation sites excluding steroid dienone is 1. The van der Waals surface area contributed by atoms with Crippen molar-refractivity contribution in [2.75, 3.05) is 13.7 Å². The van der Waals surface area contributed by atoms with E-state index in [1.54, 1.807) is 0 Å². The van der Waals surface area contributed by atoms with Gasteiger partial charge in [-0.3, -0.25) is 9.59 Å². The Kier molecular flexibility index (Phi) is 3.52. The van der Waals surface area contributed by atoms with Gasteiger partial charge in [0.05, 0.1) is 25.6 Å². The summed E-state index contributed by atoms with van der Waals surface area (Å²) in [5, 5.41) is 0. The number of methoxy groups -OCH3 is 1. The van der Waals surface area contributed by atoms with Gasteiger partial charge in [0.1, 0.15) is 6.10 Å². The fraction of sp³-hybridized carbons (Fsp3) is 0.714. The maximum Gasteiger partial charge on any atom is 0.310 e. The zero-order valence-corrected chi connectivity index (χ0v) is 11.5. The largest absolute Gasteiger partial charge is 0.469 e. The van der Waals surface area contributed by atoms with E-state index in [1.807, 2.05) is 19.1 Å². The molecule has 0 unspecified atom stereocenters. The molecule has 3 aliphatic rings. The third-order valence-corrected chi connectivity index (χ3v) is 4.23. The van der Waals surface area contributed by atoms with Gasteiger partial charge in [0.25, 0.3) is 0 Å². The van der Waals surface area contributed by atoms with Crippen molar-refractivity contribution in [2.24, 2.45) is 17.8 Å². The average molecular weight is 282 g/mol. The predicted molar refractivity (Wildman–Crippen MR) is 66.4 cm³/mol. The molecule has 6 atom stereocenters. The molecule has 2 saturated heterocycles. The normalized spacial score (nSPS) is 43.2. The maximum absolute atomic E-state index is 12.2. The van der Waals surface area contributed by atoms with Crippen molar-refractivity contribution in [3.63, 3.8) is 0 Å². The van der Waals surface area contributed by atoms with Crippen LogP contribution in [0, 0.1) is 17.8 Å². The summed E-state index contributed by atoms with van der Waals surface area (Å²) in [6, 6.07) is 0. The van der Waals surface area contributed by atoms with Crippen LogP contribution in [0.1, 0.15) is 13.3 Å². The summed E-state index contributed by atoms with van der Waals surface area (Å²) in [5.74, 6) is -1.92. The number of esters is 2. The first kappa shape index (κ1) is 13.6. The average Bonchev–Trinajstić information content (AvgIpc) is 2.47. The molecular weight excluding hydrogens is 264 g/mol. The molecule has 2 heterocycles. The van der Waals surface area contributed by atoms with Crippen LogP contribution in [0.2, 0.25) is 0 Å². The fourth-order valence-corrected chi connectivity index (χ4v) is 3.29. The highest BCUT2D eigenvalue weighted by atomic mass is 16.7. The number of ether oxygens (including phenoxy) is 4. The lowest BCUT2D eigenvalue weighted by Gasteiger charge is -2.46. The minimum Gasteiger partial charge on any atom is -0.469 e. The molecule has 3 rings (SSSR count). The van der Waals surface area contributed by atoms with Crippen LogP contribution < -0.4 is 0 Å². The first-order chi connectivity index (χ1) is 9.61. The van der Waals surface area contributed by atoms with Gasteiger partial charge in [-0.05, 0) is 13.3 Å². The van der Waals surface area contributed by atoms with Crippen molar-refractivity contribution in [1.82, 2.24) is 0 Å². The molecule has 2 fully saturated rings. The van der Waals surface area contributed by atoms with E-state index in [9.17, 15) is 9.59 Å². The van der Waals surface area contributed by atoms with E-state index in [0.717, 1.165) is 0 Å². The van der Waals surface area contributed by atoms with E-state index >= 15 is 0 Å². The van der Waals surface area contributed by atoms with E-state index in [2.05, 4.69) is 0 Å². The minimum absolute atomic E-state index is 0.162. The molecule has 0 bridgehead atoms. The van der Waals surface area contributed by atoms with E-state index in [1.165, 1.54) is 7.11 Å². The third-order valence-electron chi connectivity index (χ3n) is 4.23. The van der Waals surface area contributed by atoms with Crippen LogP contribution in [-0.2, 0) is 28.5 Å². The van der Waals surface area contributed by atoms with Crippen LogP contribution in [-0.4, -0.2) is 44.2 Å². The first-order valence-electron chi connectivity index (χ1n) is 6.84. The van der Waals surface area contributed by atoms with Gasteiger partial charge in [0, 0.05) is 5.92 Å². The van der Waals surface area contributed by atoms with Crippen LogP contribution in [0.3, 0.4) is 0 Å². The van der Waals surface area contributed by atoms with E-state index < -0.39 is 17.9 Å². The van der Waals surface area contributed by atoms with Crippen molar-refractivity contribution >= 4 is 11.9 Å². The van der Waals surface area contributed by atoms with Crippen molar-refractivity contribution in [3.8, 4) is 0 Å². The maximum atomic E-state index is 12.2. The van der Waals surface area contributed by atoms with Crippen LogP contribution in [0.25, 0.3) is 0 Å². The Bertz CT molecular complexity index is 445. The number of fused-ring (bicyclic) bond motifs is 3. The summed E-state index contributed by atoms with van der Waals surface area (Å²) in [6.07, 6.45) is 3.38. The predicted octanol–water partition coefficient (Wildman–Crippen LogP) is 0.655. The van der Waals surface area contributed by atoms with Crippen molar-refractivity contribution < 1.29 is 28.5 Å². The summed E-state index contributed by atoms with van der Waals surface area (Å²) >= 11 is 0. The summed E-state index contributed by atoms with van der Waals surface area (Å²) < 4.78 is 21.3. The molecule has 0 aromatic heterocycles. The molecular formula is C14H18O6. The second-order valence-electron chi connectivity index (χ2n) is 5.37. The Morgan fingerprint density at radius 1 is 1.45 bits per heavy atom. The van der Waals surface area contributed by atoms with E-state index in [-0.39, 0.29) is 30.3 Å². The van der Waals surface area contributed by atoms with Gasteiger partial charge in [-0.1, -0.05) is 12.2 Å². The highest BCUT2D eigenvalue weighted by molar-refractivity contribution is 5.83. The first-order valence-corrected chi connectivity index (χ1v) is 6.84.